The van der Waals surface area contributed by atoms with Crippen molar-refractivity contribution in [3.05, 3.63) is 29.8 Å². The van der Waals surface area contributed by atoms with Crippen LogP contribution in [0.15, 0.2) is 24.3 Å². The van der Waals surface area contributed by atoms with Gasteiger partial charge in [-0.25, -0.2) is 0 Å². The Balaban J connectivity index is 2.02. The summed E-state index contributed by atoms with van der Waals surface area (Å²) >= 11 is 0. The fourth-order valence-electron chi connectivity index (χ4n) is 2.47. The van der Waals surface area contributed by atoms with Gasteiger partial charge in [0.2, 0.25) is 0 Å². The predicted molar refractivity (Wildman–Crippen MR) is 64.5 cm³/mol. The van der Waals surface area contributed by atoms with Crippen molar-refractivity contribution >= 4 is 14.0 Å². The predicted octanol–water partition coefficient (Wildman–Crippen LogP) is 3.34. The highest BCUT2D eigenvalue weighted by molar-refractivity contribution is 7.55. The molecule has 80 valence electrons. The van der Waals surface area contributed by atoms with Gasteiger partial charge in [0.25, 0.3) is 0 Å². The highest BCUT2D eigenvalue weighted by Crippen LogP contribution is 2.58. The molecule has 0 spiro atoms. The summed E-state index contributed by atoms with van der Waals surface area (Å²) in [6.07, 6.45) is 0. The van der Waals surface area contributed by atoms with Gasteiger partial charge in [-0.3, -0.25) is 0 Å². The van der Waals surface area contributed by atoms with Gasteiger partial charge < -0.3 is 9.19 Å². The summed E-state index contributed by atoms with van der Waals surface area (Å²) in [6, 6.07) is 8.76. The van der Waals surface area contributed by atoms with Crippen LogP contribution in [0.5, 0.6) is 0 Å². The molecule has 1 saturated heterocycles. The molecule has 2 atom stereocenters. The van der Waals surface area contributed by atoms with Crippen LogP contribution in [0, 0.1) is 0 Å². The normalized spacial score (nSPS) is 28.3. The van der Waals surface area contributed by atoms with Crippen molar-refractivity contribution in [3.8, 4) is 0 Å². The summed E-state index contributed by atoms with van der Waals surface area (Å²) in [5.74, 6) is 0.610. The van der Waals surface area contributed by atoms with Crippen molar-refractivity contribution in [2.24, 2.45) is 0 Å². The van der Waals surface area contributed by atoms with E-state index in [2.05, 4.69) is 42.8 Å². The molecule has 0 aromatic heterocycles. The van der Waals surface area contributed by atoms with Crippen molar-refractivity contribution in [1.29, 1.82) is 0 Å². The highest BCUT2D eigenvalue weighted by atomic mass is 31.2. The van der Waals surface area contributed by atoms with Crippen LogP contribution in [0.25, 0.3) is 0 Å². The average molecular weight is 221 g/mol. The summed E-state index contributed by atoms with van der Waals surface area (Å²) in [7, 11) is -0.406. The maximum absolute atomic E-state index is 6.00. The molecule has 0 N–H and O–H groups in total. The number of benzene rings is 1. The lowest BCUT2D eigenvalue weighted by molar-refractivity contribution is 0.304. The topological polar surface area (TPSA) is 12.5 Å². The van der Waals surface area contributed by atoms with E-state index in [1.807, 2.05) is 0 Å². The van der Waals surface area contributed by atoms with Crippen LogP contribution >= 0.6 is 8.30 Å². The first-order valence-corrected chi connectivity index (χ1v) is 6.84. The number of hydrogen-bond acceptors (Lipinski definition) is 2. The average Bonchev–Trinajstić information content (AvgIpc) is 2.54. The first kappa shape index (κ1) is 9.62. The van der Waals surface area contributed by atoms with Crippen molar-refractivity contribution in [2.45, 2.75) is 25.4 Å². The van der Waals surface area contributed by atoms with E-state index >= 15 is 0 Å². The van der Waals surface area contributed by atoms with E-state index in [9.17, 15) is 0 Å². The Bertz CT molecular complexity index is 380. The van der Waals surface area contributed by atoms with Crippen LogP contribution in [-0.4, -0.2) is 18.8 Å². The van der Waals surface area contributed by atoms with E-state index < -0.39 is 8.30 Å². The van der Waals surface area contributed by atoms with E-state index in [0.717, 1.165) is 6.61 Å². The molecule has 2 heterocycles. The maximum atomic E-state index is 6.00. The standard InChI is InChI=1S/C12H16NOP/c1-9(2)15-13-7-10(8-14-15)11-5-3-4-6-12(11)13/h3-6,9-10H,7-8H2,1-2H3/t10-,15?/m0/s1. The van der Waals surface area contributed by atoms with Crippen LogP contribution in [0.1, 0.15) is 25.3 Å². The fraction of sp³-hybridized carbons (Fsp3) is 0.500. The maximum Gasteiger partial charge on any atom is 0.135 e. The van der Waals surface area contributed by atoms with Crippen LogP contribution in [-0.2, 0) is 4.52 Å². The molecular formula is C12H16NOP. The second-order valence-electron chi connectivity index (χ2n) is 4.53. The Hall–Kier alpha value is -0.590. The third-order valence-corrected chi connectivity index (χ3v) is 5.29. The summed E-state index contributed by atoms with van der Waals surface area (Å²) in [5, 5.41) is 0. The number of fused-ring (bicyclic) bond motifs is 5. The van der Waals surface area contributed by atoms with Crippen LogP contribution in [0.3, 0.4) is 0 Å². The number of anilines is 1. The lowest BCUT2D eigenvalue weighted by Gasteiger charge is -2.35. The molecule has 0 amide bonds. The van der Waals surface area contributed by atoms with E-state index in [0.29, 0.717) is 11.6 Å². The molecule has 3 rings (SSSR count). The van der Waals surface area contributed by atoms with Gasteiger partial charge in [-0.15, -0.1) is 0 Å². The Labute approximate surface area is 92.1 Å². The van der Waals surface area contributed by atoms with Crippen molar-refractivity contribution < 1.29 is 4.52 Å². The van der Waals surface area contributed by atoms with E-state index in [-0.39, 0.29) is 0 Å². The molecule has 2 aliphatic rings. The minimum atomic E-state index is -0.406. The largest absolute Gasteiger partial charge is 0.338 e. The second-order valence-corrected chi connectivity index (χ2v) is 6.91. The van der Waals surface area contributed by atoms with Gasteiger partial charge in [-0.1, -0.05) is 32.0 Å². The zero-order valence-electron chi connectivity index (χ0n) is 9.18. The summed E-state index contributed by atoms with van der Waals surface area (Å²) < 4.78 is 8.49. The molecule has 1 aromatic carbocycles. The smallest absolute Gasteiger partial charge is 0.135 e. The Kier molecular flexibility index (Phi) is 2.22. The molecule has 2 bridgehead atoms. The number of para-hydroxylation sites is 1. The molecule has 1 fully saturated rings. The van der Waals surface area contributed by atoms with Crippen LogP contribution in [0.2, 0.25) is 0 Å². The van der Waals surface area contributed by atoms with Gasteiger partial charge in [0.15, 0.2) is 0 Å². The SMILES string of the molecule is CC(C)P1OC[C@@H]2CN1c1ccccc12. The van der Waals surface area contributed by atoms with Gasteiger partial charge in [-0.2, -0.15) is 0 Å². The summed E-state index contributed by atoms with van der Waals surface area (Å²) in [5.41, 5.74) is 3.52. The summed E-state index contributed by atoms with van der Waals surface area (Å²) in [4.78, 5) is 0. The first-order valence-electron chi connectivity index (χ1n) is 5.56. The van der Waals surface area contributed by atoms with Crippen LogP contribution < -0.4 is 4.67 Å². The van der Waals surface area contributed by atoms with E-state index in [1.54, 1.807) is 0 Å². The Morgan fingerprint density at radius 2 is 2.20 bits per heavy atom. The molecule has 3 heteroatoms. The molecule has 2 nitrogen and oxygen atoms in total. The zero-order valence-corrected chi connectivity index (χ0v) is 10.1. The van der Waals surface area contributed by atoms with Crippen LogP contribution in [0.4, 0.5) is 5.69 Å². The minimum Gasteiger partial charge on any atom is -0.338 e. The quantitative estimate of drug-likeness (QED) is 0.674. The third-order valence-electron chi connectivity index (χ3n) is 3.14. The number of hydrogen-bond donors (Lipinski definition) is 0. The highest BCUT2D eigenvalue weighted by Gasteiger charge is 2.39. The molecule has 1 aromatic rings. The Morgan fingerprint density at radius 1 is 1.40 bits per heavy atom. The second kappa shape index (κ2) is 3.47. The monoisotopic (exact) mass is 221 g/mol. The third kappa shape index (κ3) is 1.39. The first-order chi connectivity index (χ1) is 7.27. The Morgan fingerprint density at radius 3 is 3.00 bits per heavy atom. The molecule has 1 unspecified atom stereocenters. The fourth-order valence-corrected chi connectivity index (χ4v) is 4.55. The number of rotatable bonds is 1. The molecule has 0 aliphatic carbocycles. The van der Waals surface area contributed by atoms with Gasteiger partial charge in [-0.05, 0) is 11.6 Å². The van der Waals surface area contributed by atoms with Gasteiger partial charge in [0, 0.05) is 23.8 Å². The van der Waals surface area contributed by atoms with Crippen molar-refractivity contribution in [1.82, 2.24) is 0 Å². The summed E-state index contributed by atoms with van der Waals surface area (Å²) in [6.45, 7) is 6.60. The van der Waals surface area contributed by atoms with Crippen molar-refractivity contribution in [3.63, 3.8) is 0 Å². The molecule has 15 heavy (non-hydrogen) atoms. The lowest BCUT2D eigenvalue weighted by atomic mass is 10.0. The zero-order chi connectivity index (χ0) is 10.4. The molecule has 0 saturated carbocycles. The van der Waals surface area contributed by atoms with Crippen molar-refractivity contribution in [2.75, 3.05) is 17.8 Å². The molecular weight excluding hydrogens is 205 g/mol. The lowest BCUT2D eigenvalue weighted by Crippen LogP contribution is -2.27. The van der Waals surface area contributed by atoms with E-state index in [4.69, 9.17) is 4.52 Å². The van der Waals surface area contributed by atoms with Gasteiger partial charge >= 0.3 is 0 Å². The number of nitrogens with zero attached hydrogens (tertiary/aromatic N) is 1. The minimum absolute atomic E-state index is 0.406. The van der Waals surface area contributed by atoms with Gasteiger partial charge in [0.05, 0.1) is 6.61 Å². The molecule has 2 aliphatic heterocycles. The van der Waals surface area contributed by atoms with E-state index in [1.165, 1.54) is 17.8 Å². The molecule has 0 radical (unpaired) electrons. The van der Waals surface area contributed by atoms with Gasteiger partial charge in [0.1, 0.15) is 8.30 Å².